The predicted molar refractivity (Wildman–Crippen MR) is 85.6 cm³/mol. The van der Waals surface area contributed by atoms with Crippen LogP contribution >= 0.6 is 11.8 Å². The molecule has 0 saturated carbocycles. The van der Waals surface area contributed by atoms with Crippen LogP contribution in [0.15, 0.2) is 30.3 Å². The maximum atomic E-state index is 12.2. The van der Waals surface area contributed by atoms with Crippen LogP contribution in [-0.2, 0) is 4.79 Å². The summed E-state index contributed by atoms with van der Waals surface area (Å²) in [7, 11) is 1.70. The lowest BCUT2D eigenvalue weighted by Gasteiger charge is -2.28. The Kier molecular flexibility index (Phi) is 7.08. The van der Waals surface area contributed by atoms with Gasteiger partial charge in [-0.2, -0.15) is 11.8 Å². The molecule has 2 unspecified atom stereocenters. The number of aliphatic carboxylic acids is 1. The number of hydrogen-bond acceptors (Lipinski definition) is 3. The maximum Gasteiger partial charge on any atom is 0.330 e. The van der Waals surface area contributed by atoms with Crippen molar-refractivity contribution in [2.45, 2.75) is 25.4 Å². The maximum absolute atomic E-state index is 12.2. The first-order valence-electron chi connectivity index (χ1n) is 6.81. The van der Waals surface area contributed by atoms with Crippen LogP contribution in [0.2, 0.25) is 0 Å². The number of amides is 2. The zero-order valence-electron chi connectivity index (χ0n) is 12.6. The Morgan fingerprint density at radius 1 is 1.33 bits per heavy atom. The van der Waals surface area contributed by atoms with Crippen molar-refractivity contribution in [3.8, 4) is 0 Å². The van der Waals surface area contributed by atoms with E-state index in [9.17, 15) is 14.7 Å². The van der Waals surface area contributed by atoms with Crippen LogP contribution in [0.5, 0.6) is 0 Å². The van der Waals surface area contributed by atoms with Gasteiger partial charge in [0.05, 0.1) is 0 Å². The largest absolute Gasteiger partial charge is 0.479 e. The van der Waals surface area contributed by atoms with Crippen molar-refractivity contribution in [2.24, 2.45) is 0 Å². The van der Waals surface area contributed by atoms with Gasteiger partial charge in [-0.3, -0.25) is 0 Å². The van der Waals surface area contributed by atoms with Gasteiger partial charge in [0, 0.05) is 18.8 Å². The van der Waals surface area contributed by atoms with Crippen molar-refractivity contribution < 1.29 is 14.7 Å². The predicted octanol–water partition coefficient (Wildman–Crippen LogP) is 2.60. The number of carboxylic acids is 1. The Bertz CT molecular complexity index is 467. The van der Waals surface area contributed by atoms with E-state index in [2.05, 4.69) is 5.32 Å². The fourth-order valence-electron chi connectivity index (χ4n) is 2.02. The van der Waals surface area contributed by atoms with Crippen LogP contribution in [0.25, 0.3) is 0 Å². The van der Waals surface area contributed by atoms with Gasteiger partial charge in [-0.25, -0.2) is 9.59 Å². The second-order valence-corrected chi connectivity index (χ2v) is 5.67. The molecule has 0 saturated heterocycles. The van der Waals surface area contributed by atoms with Crippen molar-refractivity contribution in [2.75, 3.05) is 19.1 Å². The molecule has 0 aliphatic heterocycles. The fraction of sp³-hybridized carbons (Fsp3) is 0.467. The van der Waals surface area contributed by atoms with Crippen molar-refractivity contribution in [1.82, 2.24) is 10.2 Å². The number of carbonyl (C=O) groups is 2. The van der Waals surface area contributed by atoms with Crippen LogP contribution in [0, 0.1) is 0 Å². The van der Waals surface area contributed by atoms with Crippen molar-refractivity contribution >= 4 is 23.8 Å². The van der Waals surface area contributed by atoms with E-state index in [4.69, 9.17) is 0 Å². The number of hydrogen-bond donors (Lipinski definition) is 2. The molecule has 6 heteroatoms. The summed E-state index contributed by atoms with van der Waals surface area (Å²) in [6.45, 7) is 2.01. The molecule has 1 aromatic rings. The van der Waals surface area contributed by atoms with E-state index in [1.165, 1.54) is 0 Å². The average molecular weight is 310 g/mol. The molecule has 0 spiro atoms. The smallest absolute Gasteiger partial charge is 0.330 e. The van der Waals surface area contributed by atoms with Crippen LogP contribution < -0.4 is 5.32 Å². The third-order valence-electron chi connectivity index (χ3n) is 3.35. The number of carbonyl (C=O) groups excluding carboxylic acids is 1. The number of rotatable bonds is 7. The minimum Gasteiger partial charge on any atom is -0.479 e. The molecule has 2 atom stereocenters. The molecule has 0 radical (unpaired) electrons. The first-order valence-corrected chi connectivity index (χ1v) is 8.20. The van der Waals surface area contributed by atoms with Gasteiger partial charge in [-0.1, -0.05) is 37.3 Å². The van der Waals surface area contributed by atoms with Crippen LogP contribution in [0.1, 0.15) is 24.9 Å². The minimum atomic E-state index is -1.07. The molecule has 2 N–H and O–H groups in total. The van der Waals surface area contributed by atoms with Gasteiger partial charge in [0.25, 0.3) is 0 Å². The van der Waals surface area contributed by atoms with Crippen LogP contribution in [0.3, 0.4) is 0 Å². The standard InChI is InChI=1S/C15H22N2O3S/c1-4-12(10-21-3)17(2)15(20)16-13(14(18)19)11-8-6-5-7-9-11/h5-9,12-13H,4,10H2,1-3H3,(H,16,20)(H,18,19). The summed E-state index contributed by atoms with van der Waals surface area (Å²) in [4.78, 5) is 25.2. The quantitative estimate of drug-likeness (QED) is 0.812. The molecule has 0 aliphatic carbocycles. The highest BCUT2D eigenvalue weighted by Gasteiger charge is 2.25. The summed E-state index contributed by atoms with van der Waals surface area (Å²) in [5.74, 6) is -0.246. The molecule has 2 amide bonds. The van der Waals surface area contributed by atoms with Crippen molar-refractivity contribution in [1.29, 1.82) is 0 Å². The molecule has 0 bridgehead atoms. The Hall–Kier alpha value is -1.69. The zero-order valence-corrected chi connectivity index (χ0v) is 13.4. The van der Waals surface area contributed by atoms with E-state index in [1.54, 1.807) is 48.0 Å². The summed E-state index contributed by atoms with van der Waals surface area (Å²) in [6, 6.07) is 7.39. The average Bonchev–Trinajstić information content (AvgIpc) is 2.49. The molecule has 0 fully saturated rings. The Morgan fingerprint density at radius 3 is 2.43 bits per heavy atom. The van der Waals surface area contributed by atoms with Gasteiger partial charge in [-0.15, -0.1) is 0 Å². The molecule has 21 heavy (non-hydrogen) atoms. The number of urea groups is 1. The molecule has 1 rings (SSSR count). The lowest BCUT2D eigenvalue weighted by Crippen LogP contribution is -2.47. The van der Waals surface area contributed by atoms with E-state index in [-0.39, 0.29) is 12.1 Å². The normalized spacial score (nSPS) is 13.3. The van der Waals surface area contributed by atoms with E-state index < -0.39 is 12.0 Å². The number of benzene rings is 1. The number of thioether (sulfide) groups is 1. The Balaban J connectivity index is 2.80. The first-order chi connectivity index (χ1) is 10.0. The topological polar surface area (TPSA) is 69.6 Å². The second kappa shape index (κ2) is 8.56. The third-order valence-corrected chi connectivity index (χ3v) is 4.06. The van der Waals surface area contributed by atoms with Gasteiger partial charge in [0.1, 0.15) is 0 Å². The third kappa shape index (κ3) is 4.97. The number of nitrogens with zero attached hydrogens (tertiary/aromatic N) is 1. The summed E-state index contributed by atoms with van der Waals surface area (Å²) >= 11 is 1.66. The molecule has 1 aromatic carbocycles. The number of carboxylic acid groups (broad SMARTS) is 1. The van der Waals surface area contributed by atoms with Crippen molar-refractivity contribution in [3.63, 3.8) is 0 Å². The van der Waals surface area contributed by atoms with E-state index in [0.717, 1.165) is 12.2 Å². The summed E-state index contributed by atoms with van der Waals surface area (Å²) in [5, 5.41) is 11.9. The van der Waals surface area contributed by atoms with Crippen LogP contribution in [-0.4, -0.2) is 47.1 Å². The molecule has 0 aromatic heterocycles. The molecule has 0 heterocycles. The van der Waals surface area contributed by atoms with Crippen LogP contribution in [0.4, 0.5) is 4.79 Å². The fourth-order valence-corrected chi connectivity index (χ4v) is 2.86. The number of nitrogens with one attached hydrogen (secondary N) is 1. The molecule has 5 nitrogen and oxygen atoms in total. The highest BCUT2D eigenvalue weighted by Crippen LogP contribution is 2.14. The molecular formula is C15H22N2O3S. The van der Waals surface area contributed by atoms with Gasteiger partial charge >= 0.3 is 12.0 Å². The Labute approximate surface area is 129 Å². The minimum absolute atomic E-state index is 0.0882. The Morgan fingerprint density at radius 2 is 1.95 bits per heavy atom. The SMILES string of the molecule is CCC(CSC)N(C)C(=O)NC(C(=O)O)c1ccccc1. The van der Waals surface area contributed by atoms with Gasteiger partial charge in [0.15, 0.2) is 6.04 Å². The summed E-state index contributed by atoms with van der Waals surface area (Å²) < 4.78 is 0. The second-order valence-electron chi connectivity index (χ2n) is 4.76. The molecule has 116 valence electrons. The highest BCUT2D eigenvalue weighted by molar-refractivity contribution is 7.98. The van der Waals surface area contributed by atoms with Gasteiger partial charge in [-0.05, 0) is 18.2 Å². The van der Waals surface area contributed by atoms with Crippen molar-refractivity contribution in [3.05, 3.63) is 35.9 Å². The van der Waals surface area contributed by atoms with E-state index in [0.29, 0.717) is 5.56 Å². The zero-order chi connectivity index (χ0) is 15.8. The van der Waals surface area contributed by atoms with Gasteiger partial charge in [0.2, 0.25) is 0 Å². The molecular weight excluding hydrogens is 288 g/mol. The first kappa shape index (κ1) is 17.4. The monoisotopic (exact) mass is 310 g/mol. The van der Waals surface area contributed by atoms with E-state index >= 15 is 0 Å². The highest BCUT2D eigenvalue weighted by atomic mass is 32.2. The summed E-state index contributed by atoms with van der Waals surface area (Å²) in [6.07, 6.45) is 2.81. The lowest BCUT2D eigenvalue weighted by molar-refractivity contribution is -0.139. The van der Waals surface area contributed by atoms with Gasteiger partial charge < -0.3 is 15.3 Å². The van der Waals surface area contributed by atoms with E-state index in [1.807, 2.05) is 19.2 Å². The summed E-state index contributed by atoms with van der Waals surface area (Å²) in [5.41, 5.74) is 0.560. The molecule has 0 aliphatic rings. The lowest BCUT2D eigenvalue weighted by atomic mass is 10.1.